The van der Waals surface area contributed by atoms with Crippen LogP contribution in [0.3, 0.4) is 0 Å². The lowest BCUT2D eigenvalue weighted by atomic mass is 10.0. The van der Waals surface area contributed by atoms with Gasteiger partial charge in [-0.2, -0.15) is 0 Å². The van der Waals surface area contributed by atoms with Crippen molar-refractivity contribution in [2.24, 2.45) is 11.5 Å². The second-order valence-electron chi connectivity index (χ2n) is 5.05. The zero-order valence-corrected chi connectivity index (χ0v) is 12.9. The smallest absolute Gasteiger partial charge is 0.122 e. The maximum absolute atomic E-state index is 7.01. The summed E-state index contributed by atoms with van der Waals surface area (Å²) in [6, 6.07) is 27.9. The highest BCUT2D eigenvalue weighted by atomic mass is 14.7. The molecule has 0 atom stereocenters. The molecule has 3 aromatic carbocycles. The minimum Gasteiger partial charge on any atom is -0.384 e. The van der Waals surface area contributed by atoms with Crippen LogP contribution in [0.5, 0.6) is 0 Å². The largest absolute Gasteiger partial charge is 0.384 e. The van der Waals surface area contributed by atoms with Crippen molar-refractivity contribution in [1.82, 2.24) is 0 Å². The molecule has 0 heterocycles. The zero-order chi connectivity index (χ0) is 16.5. The summed E-state index contributed by atoms with van der Waals surface area (Å²) >= 11 is 0. The Morgan fingerprint density at radius 3 is 1.61 bits per heavy atom. The lowest BCUT2D eigenvalue weighted by Gasteiger charge is -2.02. The summed E-state index contributed by atoms with van der Waals surface area (Å²) < 4.78 is 0. The second kappa shape index (κ2) is 8.51. The Hall–Kier alpha value is -2.91. The Bertz CT molecular complexity index is 720. The van der Waals surface area contributed by atoms with E-state index in [0.717, 1.165) is 5.56 Å². The Balaban J connectivity index is 0.000000185. The molecule has 0 aliphatic heterocycles. The first kappa shape index (κ1) is 16.5. The summed E-state index contributed by atoms with van der Waals surface area (Å²) in [6.45, 7) is 0.606. The predicted octanol–water partition coefficient (Wildman–Crippen LogP) is 3.78. The number of hydrogen-bond acceptors (Lipinski definition) is 2. The van der Waals surface area contributed by atoms with Crippen molar-refractivity contribution in [3.63, 3.8) is 0 Å². The number of nitrogen functional groups attached to an aromatic ring is 1. The molecular weight excluding hydrogens is 282 g/mol. The van der Waals surface area contributed by atoms with Gasteiger partial charge in [-0.15, -0.1) is 0 Å². The molecule has 3 aromatic rings. The summed E-state index contributed by atoms with van der Waals surface area (Å²) in [5.74, 6) is 0.121. The van der Waals surface area contributed by atoms with Gasteiger partial charge >= 0.3 is 0 Å². The molecule has 0 aromatic heterocycles. The molecule has 0 unspecified atom stereocenters. The van der Waals surface area contributed by atoms with Crippen LogP contribution in [-0.2, 0) is 6.54 Å². The van der Waals surface area contributed by atoms with Crippen molar-refractivity contribution < 1.29 is 0 Å². The molecule has 116 valence electrons. The Labute approximate surface area is 137 Å². The van der Waals surface area contributed by atoms with E-state index in [-0.39, 0.29) is 5.84 Å². The molecule has 3 nitrogen and oxygen atoms in total. The van der Waals surface area contributed by atoms with Crippen LogP contribution >= 0.6 is 0 Å². The predicted molar refractivity (Wildman–Crippen MR) is 97.2 cm³/mol. The van der Waals surface area contributed by atoms with Crippen LogP contribution in [0.1, 0.15) is 11.1 Å². The van der Waals surface area contributed by atoms with E-state index in [9.17, 15) is 0 Å². The molecule has 0 aliphatic rings. The molecule has 0 saturated heterocycles. The Kier molecular flexibility index (Phi) is 6.09. The van der Waals surface area contributed by atoms with E-state index in [0.29, 0.717) is 6.54 Å². The van der Waals surface area contributed by atoms with Crippen molar-refractivity contribution in [1.29, 1.82) is 5.41 Å². The SMILES string of the molecule is N=C(N)c1ccccc1.NCc1ccc(-c2ccccc2)cc1. The molecule has 0 radical (unpaired) electrons. The van der Waals surface area contributed by atoms with Crippen molar-refractivity contribution >= 4 is 5.84 Å². The third-order valence-electron chi connectivity index (χ3n) is 3.38. The van der Waals surface area contributed by atoms with Crippen LogP contribution in [-0.4, -0.2) is 5.84 Å². The van der Waals surface area contributed by atoms with Crippen molar-refractivity contribution in [3.05, 3.63) is 96.1 Å². The second-order valence-corrected chi connectivity index (χ2v) is 5.05. The van der Waals surface area contributed by atoms with Crippen molar-refractivity contribution in [2.75, 3.05) is 0 Å². The summed E-state index contributed by atoms with van der Waals surface area (Å²) in [7, 11) is 0. The molecular formula is C20H21N3. The van der Waals surface area contributed by atoms with Crippen LogP contribution < -0.4 is 11.5 Å². The molecule has 0 amide bonds. The molecule has 5 N–H and O–H groups in total. The average molecular weight is 303 g/mol. The molecule has 0 aliphatic carbocycles. The number of nitrogens with two attached hydrogens (primary N) is 2. The van der Waals surface area contributed by atoms with Gasteiger partial charge in [0.2, 0.25) is 0 Å². The van der Waals surface area contributed by atoms with E-state index in [2.05, 4.69) is 36.4 Å². The first-order valence-electron chi connectivity index (χ1n) is 7.44. The van der Waals surface area contributed by atoms with Gasteiger partial charge in [0, 0.05) is 12.1 Å². The van der Waals surface area contributed by atoms with E-state index in [4.69, 9.17) is 16.9 Å². The lowest BCUT2D eigenvalue weighted by molar-refractivity contribution is 1.07. The monoisotopic (exact) mass is 303 g/mol. The maximum Gasteiger partial charge on any atom is 0.122 e. The van der Waals surface area contributed by atoms with E-state index in [1.54, 1.807) is 0 Å². The van der Waals surface area contributed by atoms with Crippen molar-refractivity contribution in [3.8, 4) is 11.1 Å². The standard InChI is InChI=1S/C13H13N.C7H8N2/c14-10-11-6-8-13(9-7-11)12-4-2-1-3-5-12;8-7(9)6-4-2-1-3-5-6/h1-9H,10,14H2;1-5H,(H3,8,9). The summed E-state index contributed by atoms with van der Waals surface area (Å²) in [5.41, 5.74) is 15.2. The third-order valence-corrected chi connectivity index (χ3v) is 3.38. The highest BCUT2D eigenvalue weighted by Crippen LogP contribution is 2.18. The number of rotatable bonds is 3. The average Bonchev–Trinajstić information content (AvgIpc) is 2.64. The van der Waals surface area contributed by atoms with Crippen LogP contribution in [0.15, 0.2) is 84.9 Å². The normalized spacial score (nSPS) is 9.61. The van der Waals surface area contributed by atoms with Crippen LogP contribution in [0.4, 0.5) is 0 Å². The van der Waals surface area contributed by atoms with Gasteiger partial charge in [-0.05, 0) is 16.7 Å². The minimum absolute atomic E-state index is 0.121. The van der Waals surface area contributed by atoms with Gasteiger partial charge in [0.1, 0.15) is 5.84 Å². The third kappa shape index (κ3) is 5.09. The number of benzene rings is 3. The van der Waals surface area contributed by atoms with E-state index in [1.165, 1.54) is 16.7 Å². The summed E-state index contributed by atoms with van der Waals surface area (Å²) in [6.07, 6.45) is 0. The molecule has 3 heteroatoms. The minimum atomic E-state index is 0.121. The van der Waals surface area contributed by atoms with Gasteiger partial charge in [-0.1, -0.05) is 84.9 Å². The number of amidine groups is 1. The first-order chi connectivity index (χ1) is 11.2. The maximum atomic E-state index is 7.01. The Morgan fingerprint density at radius 2 is 1.17 bits per heavy atom. The summed E-state index contributed by atoms with van der Waals surface area (Å²) in [4.78, 5) is 0. The van der Waals surface area contributed by atoms with Gasteiger partial charge < -0.3 is 11.5 Å². The molecule has 0 spiro atoms. The lowest BCUT2D eigenvalue weighted by Crippen LogP contribution is -2.10. The molecule has 0 saturated carbocycles. The number of hydrogen-bond donors (Lipinski definition) is 3. The topological polar surface area (TPSA) is 75.9 Å². The van der Waals surface area contributed by atoms with Gasteiger partial charge in [-0.3, -0.25) is 5.41 Å². The molecule has 23 heavy (non-hydrogen) atoms. The van der Waals surface area contributed by atoms with Gasteiger partial charge in [0.05, 0.1) is 0 Å². The van der Waals surface area contributed by atoms with Crippen LogP contribution in [0.2, 0.25) is 0 Å². The van der Waals surface area contributed by atoms with Crippen LogP contribution in [0.25, 0.3) is 11.1 Å². The van der Waals surface area contributed by atoms with Crippen molar-refractivity contribution in [2.45, 2.75) is 6.54 Å². The Morgan fingerprint density at radius 1 is 0.696 bits per heavy atom. The number of nitrogens with one attached hydrogen (secondary N) is 1. The first-order valence-corrected chi connectivity index (χ1v) is 7.44. The van der Waals surface area contributed by atoms with E-state index < -0.39 is 0 Å². The fourth-order valence-corrected chi connectivity index (χ4v) is 2.08. The van der Waals surface area contributed by atoms with Gasteiger partial charge in [-0.25, -0.2) is 0 Å². The summed E-state index contributed by atoms with van der Waals surface area (Å²) in [5, 5.41) is 7.01. The molecule has 0 bridgehead atoms. The van der Waals surface area contributed by atoms with E-state index >= 15 is 0 Å². The quantitative estimate of drug-likeness (QED) is 0.508. The molecule has 3 rings (SSSR count). The van der Waals surface area contributed by atoms with E-state index in [1.807, 2.05) is 48.5 Å². The zero-order valence-electron chi connectivity index (χ0n) is 12.9. The molecule has 0 fully saturated rings. The highest BCUT2D eigenvalue weighted by Gasteiger charge is 1.95. The van der Waals surface area contributed by atoms with Gasteiger partial charge in [0.25, 0.3) is 0 Å². The fraction of sp³-hybridized carbons (Fsp3) is 0.0500. The van der Waals surface area contributed by atoms with Crippen LogP contribution in [0, 0.1) is 5.41 Å². The fourth-order valence-electron chi connectivity index (χ4n) is 2.08. The van der Waals surface area contributed by atoms with Gasteiger partial charge in [0.15, 0.2) is 0 Å². The highest BCUT2D eigenvalue weighted by molar-refractivity contribution is 5.94.